The van der Waals surface area contributed by atoms with Gasteiger partial charge in [-0.05, 0) is 185 Å². The Labute approximate surface area is 556 Å². The first kappa shape index (κ1) is 66.6. The number of rotatable bonds is 4. The number of benzene rings is 2. The number of hydrogen-bond donors (Lipinski definition) is 0. The van der Waals surface area contributed by atoms with E-state index in [2.05, 4.69) is 89.5 Å². The zero-order valence-electron chi connectivity index (χ0n) is 52.3. The molecular formula is C66H71BBr2Cl2N10O10. The zero-order chi connectivity index (χ0) is 65.2. The summed E-state index contributed by atoms with van der Waals surface area (Å²) in [6.07, 6.45) is 9.43. The average molecular weight is 1410 g/mol. The Morgan fingerprint density at radius 2 is 0.912 bits per heavy atom. The topological polar surface area (TPSA) is 214 Å². The number of hydrogen-bond acceptors (Lipinski definition) is 16. The third kappa shape index (κ3) is 15.8. The lowest BCUT2D eigenvalue weighted by Gasteiger charge is -2.36. The van der Waals surface area contributed by atoms with Crippen LogP contribution in [0.1, 0.15) is 80.4 Å². The Bertz CT molecular complexity index is 4000. The van der Waals surface area contributed by atoms with Crippen molar-refractivity contribution in [3.05, 3.63) is 146 Å². The van der Waals surface area contributed by atoms with Crippen molar-refractivity contribution < 1.29 is 47.4 Å². The first-order valence-corrected chi connectivity index (χ1v) is 32.2. The summed E-state index contributed by atoms with van der Waals surface area (Å²) in [5.41, 5.74) is 4.90. The highest BCUT2D eigenvalue weighted by Gasteiger charge is 2.52. The smallest absolute Gasteiger partial charge is 0.479 e. The standard InChI is InChI=1S/C26H27ClN4O4.C18H22BrClN2O4.C14H17BN2O2.C8H5BrN2/c1-26(2,3)35-25(33)31-11-9-30(10-12-31)24(32)21-14-16-13-17(27)15-20(22(16)34-21)18-6-8-29-23-19(18)5-4-7-28-23;1-18(2,3)26-17(24)22-6-4-21(5-7-22)16(23)14-9-11-8-12(20)10-13(19)15(11)25-14;1-13(2)14(3,4)19-15(18-13)11-7-9-17-12-10(11)6-5-8-16-12;9-7-3-5-11-8-6(7)2-1-4-10-8/h4-8,13,15,21H,9-12,14H2,1-3H3;8,10,14H,4-7,9H2,1-3H3;5-9H,1-4H3;1-5H. The number of halogens is 4. The summed E-state index contributed by atoms with van der Waals surface area (Å²) in [6, 6.07) is 24.7. The molecule has 3 saturated heterocycles. The van der Waals surface area contributed by atoms with Crippen molar-refractivity contribution in [2.75, 3.05) is 52.4 Å². The molecule has 5 aliphatic heterocycles. The predicted octanol–water partition coefficient (Wildman–Crippen LogP) is 12.1. The quantitative estimate of drug-likeness (QED) is 0.150. The largest absolute Gasteiger partial charge is 0.495 e. The van der Waals surface area contributed by atoms with Crippen LogP contribution >= 0.6 is 55.1 Å². The van der Waals surface area contributed by atoms with E-state index in [0.717, 1.165) is 64.1 Å². The number of carbonyl (C=O) groups excluding carboxylic acids is 4. The minimum absolute atomic E-state index is 0.0620. The number of nitrogens with zero attached hydrogens (tertiary/aromatic N) is 10. The number of pyridine rings is 6. The number of aromatic nitrogens is 6. The van der Waals surface area contributed by atoms with Crippen LogP contribution in [0, 0.1) is 0 Å². The molecule has 476 valence electrons. The highest BCUT2D eigenvalue weighted by molar-refractivity contribution is 9.11. The molecule has 3 fully saturated rings. The van der Waals surface area contributed by atoms with Crippen LogP contribution in [-0.2, 0) is 41.2 Å². The second-order valence-corrected chi connectivity index (χ2v) is 27.9. The van der Waals surface area contributed by atoms with E-state index in [9.17, 15) is 19.2 Å². The van der Waals surface area contributed by atoms with Gasteiger partial charge in [0.1, 0.15) is 22.7 Å². The molecule has 2 atom stereocenters. The molecule has 8 aromatic rings. The van der Waals surface area contributed by atoms with Crippen molar-refractivity contribution in [3.63, 3.8) is 0 Å². The van der Waals surface area contributed by atoms with Gasteiger partial charge in [0.25, 0.3) is 11.8 Å². The summed E-state index contributed by atoms with van der Waals surface area (Å²) < 4.78 is 36.9. The molecule has 4 amide bonds. The second-order valence-electron chi connectivity index (χ2n) is 25.3. The van der Waals surface area contributed by atoms with Crippen LogP contribution in [0.3, 0.4) is 0 Å². The number of ether oxygens (including phenoxy) is 4. The highest BCUT2D eigenvalue weighted by Crippen LogP contribution is 2.44. The first-order valence-electron chi connectivity index (χ1n) is 29.9. The van der Waals surface area contributed by atoms with Crippen LogP contribution in [0.5, 0.6) is 11.5 Å². The maximum absolute atomic E-state index is 13.3. The van der Waals surface area contributed by atoms with E-state index in [0.29, 0.717) is 92.4 Å². The molecule has 0 bridgehead atoms. The second kappa shape index (κ2) is 27.5. The summed E-state index contributed by atoms with van der Waals surface area (Å²) >= 11 is 19.4. The monoisotopic (exact) mass is 1400 g/mol. The van der Waals surface area contributed by atoms with Crippen molar-refractivity contribution in [3.8, 4) is 22.6 Å². The molecule has 91 heavy (non-hydrogen) atoms. The Kier molecular flexibility index (Phi) is 20.1. The van der Waals surface area contributed by atoms with Crippen molar-refractivity contribution in [1.29, 1.82) is 0 Å². The van der Waals surface area contributed by atoms with E-state index in [4.69, 9.17) is 51.5 Å². The number of piperazine rings is 2. The van der Waals surface area contributed by atoms with E-state index < -0.39 is 23.4 Å². The van der Waals surface area contributed by atoms with Gasteiger partial charge in [-0.15, -0.1) is 0 Å². The molecule has 6 aromatic heterocycles. The van der Waals surface area contributed by atoms with Crippen molar-refractivity contribution in [2.24, 2.45) is 0 Å². The fraction of sp³-hybridized carbons (Fsp3) is 0.394. The lowest BCUT2D eigenvalue weighted by atomic mass is 9.77. The van der Waals surface area contributed by atoms with Crippen LogP contribution in [-0.4, -0.2) is 168 Å². The predicted molar refractivity (Wildman–Crippen MR) is 357 cm³/mol. The Hall–Kier alpha value is -7.28. The van der Waals surface area contributed by atoms with Gasteiger partial charge in [-0.25, -0.2) is 39.5 Å². The maximum atomic E-state index is 13.3. The maximum Gasteiger partial charge on any atom is 0.495 e. The van der Waals surface area contributed by atoms with E-state index in [1.807, 2.05) is 114 Å². The Morgan fingerprint density at radius 3 is 1.42 bits per heavy atom. The van der Waals surface area contributed by atoms with Gasteiger partial charge >= 0.3 is 19.3 Å². The van der Waals surface area contributed by atoms with Crippen molar-refractivity contribution >= 4 is 125 Å². The van der Waals surface area contributed by atoms with Crippen LogP contribution in [0.25, 0.3) is 44.2 Å². The van der Waals surface area contributed by atoms with Crippen molar-refractivity contribution in [1.82, 2.24) is 49.5 Å². The van der Waals surface area contributed by atoms with Gasteiger partial charge in [0.2, 0.25) is 0 Å². The van der Waals surface area contributed by atoms with Gasteiger partial charge in [-0.1, -0.05) is 29.3 Å². The summed E-state index contributed by atoms with van der Waals surface area (Å²) in [4.78, 5) is 82.8. The molecule has 13 rings (SSSR count). The van der Waals surface area contributed by atoms with Gasteiger partial charge in [0.05, 0.1) is 15.7 Å². The Morgan fingerprint density at radius 1 is 0.505 bits per heavy atom. The third-order valence-corrected chi connectivity index (χ3v) is 17.6. The molecule has 0 N–H and O–H groups in total. The minimum atomic E-state index is -0.637. The van der Waals surface area contributed by atoms with E-state index in [-0.39, 0.29) is 42.3 Å². The molecule has 0 saturated carbocycles. The van der Waals surface area contributed by atoms with Gasteiger partial charge in [0.15, 0.2) is 29.1 Å². The molecule has 2 aromatic carbocycles. The van der Waals surface area contributed by atoms with Gasteiger partial charge in [0, 0.05) is 150 Å². The molecule has 5 aliphatic rings. The van der Waals surface area contributed by atoms with Gasteiger partial charge in [-0.2, -0.15) is 0 Å². The van der Waals surface area contributed by atoms with Crippen LogP contribution in [0.15, 0.2) is 125 Å². The van der Waals surface area contributed by atoms with Gasteiger partial charge in [-0.3, -0.25) is 9.59 Å². The molecule has 0 spiro atoms. The number of carbonyl (C=O) groups is 4. The summed E-state index contributed by atoms with van der Waals surface area (Å²) in [7, 11) is -0.375. The SMILES string of the molecule is Brc1ccnc2ncccc12.CC(C)(C)OC(=O)N1CCN(C(=O)C2Cc3cc(Cl)cc(-c4ccnc5ncccc45)c3O2)CC1.CC(C)(C)OC(=O)N1CCN(C(=O)C2Cc3cc(Cl)cc(Br)c3O2)CC1.CC1(C)OB(c2ccnc3ncccc23)OC1(C)C. The lowest BCUT2D eigenvalue weighted by Crippen LogP contribution is -2.54. The third-order valence-electron chi connectivity index (χ3n) is 15.9. The lowest BCUT2D eigenvalue weighted by molar-refractivity contribution is -0.140. The Balaban J connectivity index is 0.000000143. The normalized spacial score (nSPS) is 18.1. The molecular weight excluding hydrogens is 1330 g/mol. The van der Waals surface area contributed by atoms with E-state index in [1.54, 1.807) is 62.8 Å². The van der Waals surface area contributed by atoms with E-state index >= 15 is 0 Å². The molecule has 0 aliphatic carbocycles. The highest BCUT2D eigenvalue weighted by atomic mass is 79.9. The summed E-state index contributed by atoms with van der Waals surface area (Å²) in [5, 5.41) is 4.10. The van der Waals surface area contributed by atoms with Crippen LogP contribution in [0.2, 0.25) is 10.0 Å². The van der Waals surface area contributed by atoms with Gasteiger partial charge < -0.3 is 47.9 Å². The molecule has 11 heterocycles. The van der Waals surface area contributed by atoms with Crippen LogP contribution < -0.4 is 14.9 Å². The number of amides is 4. The fourth-order valence-electron chi connectivity index (χ4n) is 10.7. The summed E-state index contributed by atoms with van der Waals surface area (Å²) in [5.74, 6) is 1.19. The number of fused-ring (bicyclic) bond motifs is 5. The molecule has 2 unspecified atom stereocenters. The molecule has 20 nitrogen and oxygen atoms in total. The zero-order valence-corrected chi connectivity index (χ0v) is 57.0. The van der Waals surface area contributed by atoms with Crippen molar-refractivity contribution in [2.45, 2.75) is 117 Å². The minimum Gasteiger partial charge on any atom is -0.479 e. The van der Waals surface area contributed by atoms with Crippen LogP contribution in [0.4, 0.5) is 9.59 Å². The average Bonchev–Trinajstić information content (AvgIpc) is 1.74. The summed E-state index contributed by atoms with van der Waals surface area (Å²) in [6.45, 7) is 22.8. The fourth-order valence-corrected chi connectivity index (χ4v) is 12.3. The molecule has 0 radical (unpaired) electrons. The first-order chi connectivity index (χ1) is 43.1. The molecule has 25 heteroatoms. The van der Waals surface area contributed by atoms with E-state index in [1.165, 1.54) is 0 Å².